The van der Waals surface area contributed by atoms with E-state index in [1.165, 1.54) is 19.3 Å². The fourth-order valence-corrected chi connectivity index (χ4v) is 2.56. The lowest BCUT2D eigenvalue weighted by atomic mass is 9.69. The molecule has 1 aliphatic rings. The third-order valence-corrected chi connectivity index (χ3v) is 4.08. The molecule has 106 valence electrons. The maximum absolute atomic E-state index is 11.4. The molecule has 1 aromatic heterocycles. The second-order valence-corrected chi connectivity index (χ2v) is 5.50. The first-order valence-electron chi connectivity index (χ1n) is 7.16. The minimum absolute atomic E-state index is 0.415. The number of nitrogens with zero attached hydrogens (tertiary/aromatic N) is 4. The maximum Gasteiger partial charge on any atom is 0.311 e. The fraction of sp³-hybridized carbons (Fsp3) is 0.846. The van der Waals surface area contributed by atoms with Crippen LogP contribution in [0.4, 0.5) is 0 Å². The summed E-state index contributed by atoms with van der Waals surface area (Å²) in [6, 6.07) is 0. The van der Waals surface area contributed by atoms with Gasteiger partial charge in [-0.2, -0.15) is 0 Å². The molecule has 0 unspecified atom stereocenters. The van der Waals surface area contributed by atoms with Gasteiger partial charge in [-0.15, -0.1) is 5.10 Å². The van der Waals surface area contributed by atoms with Crippen LogP contribution in [-0.2, 0) is 17.8 Å². The largest absolute Gasteiger partial charge is 0.481 e. The van der Waals surface area contributed by atoms with Crippen LogP contribution in [0.25, 0.3) is 0 Å². The van der Waals surface area contributed by atoms with Crippen molar-refractivity contribution in [3.05, 3.63) is 5.82 Å². The highest BCUT2D eigenvalue weighted by Crippen LogP contribution is 2.42. The molecule has 1 saturated carbocycles. The molecule has 0 atom stereocenters. The van der Waals surface area contributed by atoms with E-state index >= 15 is 0 Å². The van der Waals surface area contributed by atoms with E-state index in [0.29, 0.717) is 6.54 Å². The Morgan fingerprint density at radius 2 is 2.16 bits per heavy atom. The monoisotopic (exact) mass is 266 g/mol. The SMILES string of the molecule is CCCCCCc1nnnn1CC1(C(=O)O)CCC1. The van der Waals surface area contributed by atoms with Crippen LogP contribution >= 0.6 is 0 Å². The van der Waals surface area contributed by atoms with Crippen LogP contribution in [-0.4, -0.2) is 31.3 Å². The van der Waals surface area contributed by atoms with Gasteiger partial charge in [0.05, 0.1) is 12.0 Å². The Bertz CT molecular complexity index is 426. The van der Waals surface area contributed by atoms with Crippen molar-refractivity contribution in [2.75, 3.05) is 0 Å². The quantitative estimate of drug-likeness (QED) is 0.728. The highest BCUT2D eigenvalue weighted by Gasteiger charge is 2.45. The van der Waals surface area contributed by atoms with E-state index < -0.39 is 11.4 Å². The van der Waals surface area contributed by atoms with Gasteiger partial charge < -0.3 is 5.11 Å². The summed E-state index contributed by atoms with van der Waals surface area (Å²) in [5.41, 5.74) is -0.631. The number of carboxylic acid groups (broad SMARTS) is 1. The molecule has 6 nitrogen and oxygen atoms in total. The standard InChI is InChI=1S/C13H22N4O2/c1-2-3-4-5-7-11-14-15-16-17(11)10-13(12(18)19)8-6-9-13/h2-10H2,1H3,(H,18,19). The number of hydrogen-bond acceptors (Lipinski definition) is 4. The minimum Gasteiger partial charge on any atom is -0.481 e. The molecule has 0 aliphatic heterocycles. The van der Waals surface area contributed by atoms with Gasteiger partial charge in [-0.3, -0.25) is 4.79 Å². The normalized spacial score (nSPS) is 17.1. The minimum atomic E-state index is -0.716. The summed E-state index contributed by atoms with van der Waals surface area (Å²) in [6.07, 6.45) is 7.95. The van der Waals surface area contributed by atoms with Crippen molar-refractivity contribution >= 4 is 5.97 Å². The topological polar surface area (TPSA) is 80.9 Å². The van der Waals surface area contributed by atoms with Gasteiger partial charge in [0, 0.05) is 6.42 Å². The molecule has 0 radical (unpaired) electrons. The van der Waals surface area contributed by atoms with Crippen molar-refractivity contribution in [3.63, 3.8) is 0 Å². The van der Waals surface area contributed by atoms with E-state index in [4.69, 9.17) is 0 Å². The van der Waals surface area contributed by atoms with E-state index in [1.807, 2.05) is 0 Å². The number of carbonyl (C=O) groups is 1. The van der Waals surface area contributed by atoms with Crippen LogP contribution in [0.15, 0.2) is 0 Å². The first-order valence-corrected chi connectivity index (χ1v) is 7.16. The zero-order valence-electron chi connectivity index (χ0n) is 11.5. The molecule has 2 rings (SSSR count). The summed E-state index contributed by atoms with van der Waals surface area (Å²) in [4.78, 5) is 11.4. The van der Waals surface area contributed by atoms with Crippen molar-refractivity contribution < 1.29 is 9.90 Å². The van der Waals surface area contributed by atoms with Crippen LogP contribution in [0.1, 0.15) is 57.7 Å². The lowest BCUT2D eigenvalue weighted by Gasteiger charge is -2.37. The van der Waals surface area contributed by atoms with Crippen molar-refractivity contribution in [2.45, 2.75) is 64.8 Å². The van der Waals surface area contributed by atoms with Gasteiger partial charge >= 0.3 is 5.97 Å². The average Bonchev–Trinajstić information content (AvgIpc) is 2.76. The third kappa shape index (κ3) is 3.11. The van der Waals surface area contributed by atoms with Gasteiger partial charge in [-0.05, 0) is 29.7 Å². The molecule has 1 heterocycles. The van der Waals surface area contributed by atoms with Crippen LogP contribution in [0.5, 0.6) is 0 Å². The molecular formula is C13H22N4O2. The average molecular weight is 266 g/mol. The molecule has 6 heteroatoms. The summed E-state index contributed by atoms with van der Waals surface area (Å²) in [6.45, 7) is 2.59. The molecule has 0 aromatic carbocycles. The maximum atomic E-state index is 11.4. The van der Waals surface area contributed by atoms with E-state index in [9.17, 15) is 9.90 Å². The first kappa shape index (κ1) is 14.0. The van der Waals surface area contributed by atoms with Gasteiger partial charge in [0.15, 0.2) is 5.82 Å². The zero-order chi connectivity index (χ0) is 13.7. The second kappa shape index (κ2) is 6.12. The van der Waals surface area contributed by atoms with Crippen molar-refractivity contribution in [3.8, 4) is 0 Å². The Hall–Kier alpha value is -1.46. The number of tetrazole rings is 1. The van der Waals surface area contributed by atoms with Crippen LogP contribution in [0.3, 0.4) is 0 Å². The highest BCUT2D eigenvalue weighted by molar-refractivity contribution is 5.75. The van der Waals surface area contributed by atoms with Gasteiger partial charge in [-0.25, -0.2) is 4.68 Å². The first-order chi connectivity index (χ1) is 9.18. The smallest absolute Gasteiger partial charge is 0.311 e. The lowest BCUT2D eigenvalue weighted by Crippen LogP contribution is -2.42. The number of aromatic nitrogens is 4. The molecule has 1 fully saturated rings. The molecular weight excluding hydrogens is 244 g/mol. The van der Waals surface area contributed by atoms with Gasteiger partial charge in [0.25, 0.3) is 0 Å². The number of hydrogen-bond donors (Lipinski definition) is 1. The Morgan fingerprint density at radius 3 is 2.74 bits per heavy atom. The van der Waals surface area contributed by atoms with Gasteiger partial charge in [0.1, 0.15) is 0 Å². The predicted molar refractivity (Wildman–Crippen MR) is 69.6 cm³/mol. The van der Waals surface area contributed by atoms with Crippen LogP contribution in [0.2, 0.25) is 0 Å². The van der Waals surface area contributed by atoms with E-state index in [2.05, 4.69) is 22.4 Å². The third-order valence-electron chi connectivity index (χ3n) is 4.08. The van der Waals surface area contributed by atoms with Crippen molar-refractivity contribution in [1.29, 1.82) is 0 Å². The number of aryl methyl sites for hydroxylation is 1. The highest BCUT2D eigenvalue weighted by atomic mass is 16.4. The Balaban J connectivity index is 1.93. The van der Waals surface area contributed by atoms with Crippen molar-refractivity contribution in [2.24, 2.45) is 5.41 Å². The van der Waals surface area contributed by atoms with Crippen LogP contribution < -0.4 is 0 Å². The number of rotatable bonds is 8. The Labute approximate surface area is 113 Å². The van der Waals surface area contributed by atoms with E-state index in [-0.39, 0.29) is 0 Å². The molecule has 1 aromatic rings. The van der Waals surface area contributed by atoms with Crippen molar-refractivity contribution in [1.82, 2.24) is 20.2 Å². The Kier molecular flexibility index (Phi) is 4.50. The summed E-state index contributed by atoms with van der Waals surface area (Å²) >= 11 is 0. The van der Waals surface area contributed by atoms with E-state index in [0.717, 1.165) is 37.9 Å². The number of carboxylic acids is 1. The summed E-state index contributed by atoms with van der Waals surface area (Å²) in [5.74, 6) is 0.106. The second-order valence-electron chi connectivity index (χ2n) is 5.50. The summed E-state index contributed by atoms with van der Waals surface area (Å²) in [5, 5.41) is 21.0. The zero-order valence-corrected chi connectivity index (χ0v) is 11.5. The van der Waals surface area contributed by atoms with Gasteiger partial charge in [-0.1, -0.05) is 32.6 Å². The molecule has 0 spiro atoms. The molecule has 1 aliphatic carbocycles. The summed E-state index contributed by atoms with van der Waals surface area (Å²) in [7, 11) is 0. The molecule has 1 N–H and O–H groups in total. The Morgan fingerprint density at radius 1 is 1.37 bits per heavy atom. The lowest BCUT2D eigenvalue weighted by molar-refractivity contribution is -0.156. The summed E-state index contributed by atoms with van der Waals surface area (Å²) < 4.78 is 1.69. The molecule has 19 heavy (non-hydrogen) atoms. The molecule has 0 amide bonds. The predicted octanol–water partition coefficient (Wildman–Crippen LogP) is 2.05. The van der Waals surface area contributed by atoms with Gasteiger partial charge in [0.2, 0.25) is 0 Å². The molecule has 0 bridgehead atoms. The van der Waals surface area contributed by atoms with Crippen LogP contribution in [0, 0.1) is 5.41 Å². The number of unbranched alkanes of at least 4 members (excludes halogenated alkanes) is 3. The fourth-order valence-electron chi connectivity index (χ4n) is 2.56. The van der Waals surface area contributed by atoms with E-state index in [1.54, 1.807) is 4.68 Å². The number of aliphatic carboxylic acids is 1. The molecule has 0 saturated heterocycles.